The maximum atomic E-state index is 4.55. The molecule has 0 saturated heterocycles. The number of nitrogens with zero attached hydrogens (tertiary/aromatic N) is 3. The molecule has 96 valence electrons. The minimum atomic E-state index is 0.246. The van der Waals surface area contributed by atoms with Crippen molar-refractivity contribution >= 4 is 5.95 Å². The van der Waals surface area contributed by atoms with Crippen LogP contribution in [-0.2, 0) is 6.54 Å². The SMILES string of the molecule is CNCc1cnc(N(C)CC(C)(C)C)nc1C. The third kappa shape index (κ3) is 4.30. The molecule has 0 aliphatic heterocycles. The van der Waals surface area contributed by atoms with E-state index in [0.29, 0.717) is 0 Å². The van der Waals surface area contributed by atoms with Crippen molar-refractivity contribution in [3.8, 4) is 0 Å². The second-order valence-electron chi connectivity index (χ2n) is 5.73. The molecule has 0 bridgehead atoms. The Balaban J connectivity index is 2.82. The van der Waals surface area contributed by atoms with Gasteiger partial charge in [-0.3, -0.25) is 0 Å². The van der Waals surface area contributed by atoms with Crippen molar-refractivity contribution in [2.45, 2.75) is 34.2 Å². The highest BCUT2D eigenvalue weighted by Gasteiger charge is 2.16. The normalized spacial score (nSPS) is 11.6. The van der Waals surface area contributed by atoms with E-state index in [0.717, 1.165) is 30.3 Å². The van der Waals surface area contributed by atoms with Crippen molar-refractivity contribution in [1.29, 1.82) is 0 Å². The van der Waals surface area contributed by atoms with Crippen LogP contribution < -0.4 is 10.2 Å². The summed E-state index contributed by atoms with van der Waals surface area (Å²) in [5.41, 5.74) is 2.45. The van der Waals surface area contributed by atoms with Gasteiger partial charge in [-0.25, -0.2) is 9.97 Å². The number of hydrogen-bond acceptors (Lipinski definition) is 4. The Morgan fingerprint density at radius 2 is 2.00 bits per heavy atom. The van der Waals surface area contributed by atoms with Crippen molar-refractivity contribution < 1.29 is 0 Å². The molecule has 0 atom stereocenters. The molecule has 0 spiro atoms. The Bertz CT molecular complexity index is 368. The summed E-state index contributed by atoms with van der Waals surface area (Å²) in [7, 11) is 3.97. The molecular weight excluding hydrogens is 212 g/mol. The van der Waals surface area contributed by atoms with Crippen molar-refractivity contribution in [3.05, 3.63) is 17.5 Å². The van der Waals surface area contributed by atoms with Gasteiger partial charge in [-0.15, -0.1) is 0 Å². The van der Waals surface area contributed by atoms with E-state index < -0.39 is 0 Å². The van der Waals surface area contributed by atoms with E-state index in [1.54, 1.807) is 0 Å². The summed E-state index contributed by atoms with van der Waals surface area (Å²) in [6.07, 6.45) is 1.91. The van der Waals surface area contributed by atoms with Gasteiger partial charge in [0.25, 0.3) is 0 Å². The molecule has 0 amide bonds. The van der Waals surface area contributed by atoms with Gasteiger partial charge < -0.3 is 10.2 Å². The van der Waals surface area contributed by atoms with Gasteiger partial charge in [0.1, 0.15) is 0 Å². The summed E-state index contributed by atoms with van der Waals surface area (Å²) in [4.78, 5) is 11.1. The maximum absolute atomic E-state index is 4.55. The molecule has 0 radical (unpaired) electrons. The lowest BCUT2D eigenvalue weighted by Crippen LogP contribution is -2.30. The van der Waals surface area contributed by atoms with E-state index in [1.807, 2.05) is 27.2 Å². The van der Waals surface area contributed by atoms with Crippen molar-refractivity contribution in [3.63, 3.8) is 0 Å². The number of hydrogen-bond donors (Lipinski definition) is 1. The van der Waals surface area contributed by atoms with Gasteiger partial charge in [-0.2, -0.15) is 0 Å². The second kappa shape index (κ2) is 5.45. The molecule has 17 heavy (non-hydrogen) atoms. The van der Waals surface area contributed by atoms with Crippen LogP contribution in [-0.4, -0.2) is 30.6 Å². The fourth-order valence-electron chi connectivity index (χ4n) is 1.81. The molecule has 0 aromatic carbocycles. The fourth-order valence-corrected chi connectivity index (χ4v) is 1.81. The van der Waals surface area contributed by atoms with E-state index >= 15 is 0 Å². The molecule has 1 heterocycles. The third-order valence-corrected chi connectivity index (χ3v) is 2.49. The zero-order valence-corrected chi connectivity index (χ0v) is 11.8. The van der Waals surface area contributed by atoms with Gasteiger partial charge in [0.15, 0.2) is 0 Å². The van der Waals surface area contributed by atoms with Crippen LogP contribution in [0.15, 0.2) is 6.20 Å². The first-order valence-corrected chi connectivity index (χ1v) is 6.02. The minimum absolute atomic E-state index is 0.246. The van der Waals surface area contributed by atoms with Crippen LogP contribution in [0.25, 0.3) is 0 Å². The van der Waals surface area contributed by atoms with Crippen LogP contribution >= 0.6 is 0 Å². The van der Waals surface area contributed by atoms with Crippen molar-refractivity contribution in [2.75, 3.05) is 25.5 Å². The molecule has 0 fully saturated rings. The second-order valence-corrected chi connectivity index (χ2v) is 5.73. The van der Waals surface area contributed by atoms with Gasteiger partial charge in [-0.1, -0.05) is 20.8 Å². The monoisotopic (exact) mass is 236 g/mol. The average molecular weight is 236 g/mol. The van der Waals surface area contributed by atoms with E-state index in [-0.39, 0.29) is 5.41 Å². The molecule has 1 aromatic heterocycles. The van der Waals surface area contributed by atoms with Gasteiger partial charge in [0, 0.05) is 37.6 Å². The molecule has 0 aliphatic carbocycles. The summed E-state index contributed by atoms with van der Waals surface area (Å²) in [6.45, 7) is 10.4. The molecule has 1 N–H and O–H groups in total. The van der Waals surface area contributed by atoms with Crippen molar-refractivity contribution in [1.82, 2.24) is 15.3 Å². The highest BCUT2D eigenvalue weighted by molar-refractivity contribution is 5.32. The first kappa shape index (κ1) is 13.9. The highest BCUT2D eigenvalue weighted by Crippen LogP contribution is 2.18. The van der Waals surface area contributed by atoms with E-state index in [2.05, 4.69) is 41.0 Å². The molecule has 0 aliphatic rings. The summed E-state index contributed by atoms with van der Waals surface area (Å²) in [5, 5.41) is 3.12. The fraction of sp³-hybridized carbons (Fsp3) is 0.692. The summed E-state index contributed by atoms with van der Waals surface area (Å²) < 4.78 is 0. The first-order valence-electron chi connectivity index (χ1n) is 6.02. The molecule has 1 aromatic rings. The van der Waals surface area contributed by atoms with Crippen LogP contribution in [0.4, 0.5) is 5.95 Å². The Labute approximate surface area is 104 Å². The predicted octanol–water partition coefficient (Wildman–Crippen LogP) is 1.99. The summed E-state index contributed by atoms with van der Waals surface area (Å²) in [5.74, 6) is 0.803. The van der Waals surface area contributed by atoms with E-state index in [4.69, 9.17) is 0 Å². The van der Waals surface area contributed by atoms with Crippen molar-refractivity contribution in [2.24, 2.45) is 5.41 Å². The lowest BCUT2D eigenvalue weighted by atomic mass is 9.96. The number of rotatable bonds is 4. The lowest BCUT2D eigenvalue weighted by Gasteiger charge is -2.26. The zero-order valence-electron chi connectivity index (χ0n) is 11.8. The van der Waals surface area contributed by atoms with Gasteiger partial charge in [0.2, 0.25) is 5.95 Å². The molecule has 4 nitrogen and oxygen atoms in total. The molecule has 0 unspecified atom stereocenters. The van der Waals surface area contributed by atoms with Crippen LogP contribution in [0.3, 0.4) is 0 Å². The number of aryl methyl sites for hydroxylation is 1. The standard InChI is InChI=1S/C13H24N4/c1-10-11(7-14-5)8-15-12(16-10)17(6)9-13(2,3)4/h8,14H,7,9H2,1-6H3. The third-order valence-electron chi connectivity index (χ3n) is 2.49. The number of aromatic nitrogens is 2. The summed E-state index contributed by atoms with van der Waals surface area (Å²) in [6, 6.07) is 0. The number of anilines is 1. The van der Waals surface area contributed by atoms with Gasteiger partial charge in [0.05, 0.1) is 0 Å². The Hall–Kier alpha value is -1.16. The molecular formula is C13H24N4. The minimum Gasteiger partial charge on any atom is -0.343 e. The maximum Gasteiger partial charge on any atom is 0.225 e. The van der Waals surface area contributed by atoms with Crippen LogP contribution in [0.1, 0.15) is 32.0 Å². The smallest absolute Gasteiger partial charge is 0.225 e. The highest BCUT2D eigenvalue weighted by atomic mass is 15.2. The summed E-state index contributed by atoms with van der Waals surface area (Å²) >= 11 is 0. The van der Waals surface area contributed by atoms with Gasteiger partial charge >= 0.3 is 0 Å². The van der Waals surface area contributed by atoms with Crippen LogP contribution in [0.5, 0.6) is 0 Å². The first-order chi connectivity index (χ1) is 7.83. The van der Waals surface area contributed by atoms with E-state index in [9.17, 15) is 0 Å². The average Bonchev–Trinajstić information content (AvgIpc) is 2.18. The largest absolute Gasteiger partial charge is 0.343 e. The lowest BCUT2D eigenvalue weighted by molar-refractivity contribution is 0.416. The zero-order chi connectivity index (χ0) is 13.1. The van der Waals surface area contributed by atoms with Crippen LogP contribution in [0, 0.1) is 12.3 Å². The molecule has 4 heteroatoms. The van der Waals surface area contributed by atoms with Gasteiger partial charge in [-0.05, 0) is 19.4 Å². The number of nitrogens with one attached hydrogen (secondary N) is 1. The van der Waals surface area contributed by atoms with E-state index in [1.165, 1.54) is 0 Å². The Morgan fingerprint density at radius 1 is 1.35 bits per heavy atom. The topological polar surface area (TPSA) is 41.1 Å². The molecule has 0 saturated carbocycles. The predicted molar refractivity (Wildman–Crippen MR) is 72.3 cm³/mol. The quantitative estimate of drug-likeness (QED) is 0.868. The Kier molecular flexibility index (Phi) is 4.46. The molecule has 1 rings (SSSR count). The Morgan fingerprint density at radius 3 is 2.47 bits per heavy atom. The van der Waals surface area contributed by atoms with Crippen LogP contribution in [0.2, 0.25) is 0 Å².